The van der Waals surface area contributed by atoms with Crippen LogP contribution < -0.4 is 37.6 Å². The fourth-order valence-electron chi connectivity index (χ4n) is 5.72. The maximum Gasteiger partial charge on any atom is 0.243 e. The van der Waals surface area contributed by atoms with Gasteiger partial charge in [0.25, 0.3) is 0 Å². The number of rotatable bonds is 21. The third kappa shape index (κ3) is 15.6. The highest BCUT2D eigenvalue weighted by Crippen LogP contribution is 2.21. The molecule has 0 aliphatic rings. The lowest BCUT2D eigenvalue weighted by Gasteiger charge is -2.33. The predicted molar refractivity (Wildman–Crippen MR) is 202 cm³/mol. The number of benzene rings is 2. The second-order valence-corrected chi connectivity index (χ2v) is 14.8. The number of primary amides is 1. The normalized spacial score (nSPS) is 14.2. The zero-order chi connectivity index (χ0) is 38.8. The first-order chi connectivity index (χ1) is 24.5. The minimum Gasteiger partial charge on any atom is -0.368 e. The molecule has 13 heteroatoms. The van der Waals surface area contributed by atoms with Crippen LogP contribution in [0.3, 0.4) is 0 Å². The second kappa shape index (κ2) is 21.6. The van der Waals surface area contributed by atoms with Gasteiger partial charge in [0.05, 0.1) is 0 Å². The van der Waals surface area contributed by atoms with Crippen LogP contribution in [0.25, 0.3) is 0 Å². The molecule has 0 radical (unpaired) electrons. The molecule has 2 aromatic carbocycles. The first-order valence-electron chi connectivity index (χ1n) is 18.0. The SMILES string of the molecule is CNCCCCC(NC(C)=O)C(=O)NC(CC(C)C)C(=O)NC(C(=O)NC(Cc1ccccc1)C(=O)NC(Cc1ccccc1)C(N)=O)C(C)(C)C. The Balaban J connectivity index is 2.32. The molecule has 5 atom stereocenters. The van der Waals surface area contributed by atoms with E-state index in [1.165, 1.54) is 6.92 Å². The first kappa shape index (κ1) is 43.4. The van der Waals surface area contributed by atoms with E-state index < -0.39 is 65.2 Å². The largest absolute Gasteiger partial charge is 0.368 e. The van der Waals surface area contributed by atoms with Crippen LogP contribution in [0.4, 0.5) is 0 Å². The van der Waals surface area contributed by atoms with Crippen molar-refractivity contribution in [2.24, 2.45) is 17.1 Å². The molecular formula is C39H59N7O6. The summed E-state index contributed by atoms with van der Waals surface area (Å²) in [6.07, 6.45) is 2.41. The van der Waals surface area contributed by atoms with Crippen molar-refractivity contribution < 1.29 is 28.8 Å². The van der Waals surface area contributed by atoms with Gasteiger partial charge in [-0.2, -0.15) is 0 Å². The standard InChI is InChI=1S/C39H59N7O6/c1-25(2)22-31(44-35(49)29(42-26(3)47)20-14-15-21-41-7)37(51)46-33(39(4,5)6)38(52)45-32(24-28-18-12-9-13-19-28)36(50)43-30(34(40)48)23-27-16-10-8-11-17-27/h8-13,16-19,25,29-33,41H,14-15,20-24H2,1-7H3,(H2,40,48)(H,42,47)(H,43,50)(H,44,49)(H,45,52)(H,46,51). The van der Waals surface area contributed by atoms with Crippen LogP contribution in [0.5, 0.6) is 0 Å². The Morgan fingerprint density at radius 1 is 0.635 bits per heavy atom. The summed E-state index contributed by atoms with van der Waals surface area (Å²) in [5.41, 5.74) is 6.42. The van der Waals surface area contributed by atoms with E-state index in [0.29, 0.717) is 12.8 Å². The molecule has 0 aliphatic heterocycles. The minimum atomic E-state index is -1.12. The fourth-order valence-corrected chi connectivity index (χ4v) is 5.72. The molecule has 8 N–H and O–H groups in total. The average Bonchev–Trinajstić information content (AvgIpc) is 3.07. The van der Waals surface area contributed by atoms with Crippen molar-refractivity contribution in [3.8, 4) is 0 Å². The topological polar surface area (TPSA) is 201 Å². The minimum absolute atomic E-state index is 0.000782. The number of nitrogens with two attached hydrogens (primary N) is 1. The lowest BCUT2D eigenvalue weighted by atomic mass is 9.85. The second-order valence-electron chi connectivity index (χ2n) is 14.8. The summed E-state index contributed by atoms with van der Waals surface area (Å²) in [4.78, 5) is 79.5. The van der Waals surface area contributed by atoms with E-state index in [0.717, 1.165) is 24.1 Å². The molecule has 13 nitrogen and oxygen atoms in total. The lowest BCUT2D eigenvalue weighted by Crippen LogP contribution is -2.62. The highest BCUT2D eigenvalue weighted by molar-refractivity contribution is 5.96. The molecule has 2 rings (SSSR count). The van der Waals surface area contributed by atoms with Crippen molar-refractivity contribution in [3.05, 3.63) is 71.8 Å². The maximum atomic E-state index is 14.1. The van der Waals surface area contributed by atoms with Gasteiger partial charge in [0.15, 0.2) is 0 Å². The predicted octanol–water partition coefficient (Wildman–Crippen LogP) is 1.88. The van der Waals surface area contributed by atoms with E-state index in [4.69, 9.17) is 5.73 Å². The van der Waals surface area contributed by atoms with Crippen LogP contribution in [0.2, 0.25) is 0 Å². The lowest BCUT2D eigenvalue weighted by molar-refractivity contribution is -0.136. The summed E-state index contributed by atoms with van der Waals surface area (Å²) in [7, 11) is 1.84. The number of hydrogen-bond acceptors (Lipinski definition) is 7. The summed E-state index contributed by atoms with van der Waals surface area (Å²) in [5, 5.41) is 16.9. The highest BCUT2D eigenvalue weighted by atomic mass is 16.2. The summed E-state index contributed by atoms with van der Waals surface area (Å²) in [6.45, 7) is 11.3. The van der Waals surface area contributed by atoms with Crippen molar-refractivity contribution in [2.75, 3.05) is 13.6 Å². The monoisotopic (exact) mass is 721 g/mol. The van der Waals surface area contributed by atoms with Gasteiger partial charge >= 0.3 is 0 Å². The molecule has 5 unspecified atom stereocenters. The molecule has 0 spiro atoms. The van der Waals surface area contributed by atoms with E-state index in [-0.39, 0.29) is 31.1 Å². The van der Waals surface area contributed by atoms with Crippen LogP contribution in [-0.4, -0.2) is 79.2 Å². The van der Waals surface area contributed by atoms with E-state index >= 15 is 0 Å². The first-order valence-corrected chi connectivity index (χ1v) is 18.0. The Morgan fingerprint density at radius 3 is 1.60 bits per heavy atom. The number of carbonyl (C=O) groups is 6. The van der Waals surface area contributed by atoms with Crippen LogP contribution in [0, 0.1) is 11.3 Å². The Bertz CT molecular complexity index is 1460. The molecule has 0 fully saturated rings. The molecule has 0 heterocycles. The summed E-state index contributed by atoms with van der Waals surface area (Å²) < 4.78 is 0. The average molecular weight is 722 g/mol. The van der Waals surface area contributed by atoms with Gasteiger partial charge in [0.1, 0.15) is 30.2 Å². The van der Waals surface area contributed by atoms with E-state index in [2.05, 4.69) is 31.9 Å². The molecule has 2 aromatic rings. The quantitative estimate of drug-likeness (QED) is 0.0955. The Hall–Kier alpha value is -4.78. The van der Waals surface area contributed by atoms with E-state index in [1.54, 1.807) is 20.8 Å². The van der Waals surface area contributed by atoms with Crippen molar-refractivity contribution >= 4 is 35.4 Å². The van der Waals surface area contributed by atoms with Gasteiger partial charge in [-0.05, 0) is 61.7 Å². The van der Waals surface area contributed by atoms with Crippen molar-refractivity contribution in [2.45, 2.75) is 110 Å². The van der Waals surface area contributed by atoms with Gasteiger partial charge in [0, 0.05) is 19.8 Å². The van der Waals surface area contributed by atoms with Crippen LogP contribution in [0.15, 0.2) is 60.7 Å². The van der Waals surface area contributed by atoms with Gasteiger partial charge in [-0.25, -0.2) is 0 Å². The van der Waals surface area contributed by atoms with Crippen molar-refractivity contribution in [1.29, 1.82) is 0 Å². The zero-order valence-electron chi connectivity index (χ0n) is 31.7. The van der Waals surface area contributed by atoms with Gasteiger partial charge in [-0.3, -0.25) is 28.8 Å². The Morgan fingerprint density at radius 2 is 1.12 bits per heavy atom. The molecule has 286 valence electrons. The molecular weight excluding hydrogens is 662 g/mol. The molecule has 0 aliphatic carbocycles. The summed E-state index contributed by atoms with van der Waals surface area (Å²) in [6, 6.07) is 13.1. The van der Waals surface area contributed by atoms with E-state index in [9.17, 15) is 28.8 Å². The van der Waals surface area contributed by atoms with E-state index in [1.807, 2.05) is 81.6 Å². The molecule has 0 saturated carbocycles. The van der Waals surface area contributed by atoms with Crippen molar-refractivity contribution in [1.82, 2.24) is 31.9 Å². The van der Waals surface area contributed by atoms with Crippen molar-refractivity contribution in [3.63, 3.8) is 0 Å². The molecule has 52 heavy (non-hydrogen) atoms. The van der Waals surface area contributed by atoms with Gasteiger partial charge in [-0.1, -0.05) is 95.3 Å². The third-order valence-corrected chi connectivity index (χ3v) is 8.48. The molecule has 0 bridgehead atoms. The zero-order valence-corrected chi connectivity index (χ0v) is 31.7. The summed E-state index contributed by atoms with van der Waals surface area (Å²) >= 11 is 0. The number of hydrogen-bond donors (Lipinski definition) is 7. The Labute approximate surface area is 308 Å². The van der Waals surface area contributed by atoms with Crippen LogP contribution in [-0.2, 0) is 41.6 Å². The third-order valence-electron chi connectivity index (χ3n) is 8.48. The molecule has 0 aromatic heterocycles. The number of amides is 6. The summed E-state index contributed by atoms with van der Waals surface area (Å²) in [5.74, 6) is -3.38. The number of unbranched alkanes of at least 4 members (excludes halogenated alkanes) is 1. The number of carbonyl (C=O) groups excluding carboxylic acids is 6. The van der Waals surface area contributed by atoms with Gasteiger partial charge < -0.3 is 37.6 Å². The Kier molecular flexibility index (Phi) is 18.0. The highest BCUT2D eigenvalue weighted by Gasteiger charge is 2.38. The molecule has 6 amide bonds. The molecule has 0 saturated heterocycles. The van der Waals surface area contributed by atoms with Gasteiger partial charge in [0.2, 0.25) is 35.4 Å². The number of nitrogens with one attached hydrogen (secondary N) is 6. The van der Waals surface area contributed by atoms with Crippen LogP contribution in [0.1, 0.15) is 78.4 Å². The van der Waals surface area contributed by atoms with Gasteiger partial charge in [-0.15, -0.1) is 0 Å². The van der Waals surface area contributed by atoms with Crippen LogP contribution >= 0.6 is 0 Å². The fraction of sp³-hybridized carbons (Fsp3) is 0.538. The smallest absolute Gasteiger partial charge is 0.243 e. The maximum absolute atomic E-state index is 14.1.